The molecule has 0 aromatic carbocycles. The standard InChI is InChI=1S/C16H20N2.2BrH/c1-15-5-11-17(12-6-15)9-3-4-10-18-13-7-16(2)8-14-18;;/h3-8,11-14H,9-10H2,1-2H3;2*1H/q+2;;/p-2/b4-3+;;. The summed E-state index contributed by atoms with van der Waals surface area (Å²) in [4.78, 5) is 0. The van der Waals surface area contributed by atoms with Crippen LogP contribution in [-0.2, 0) is 13.1 Å². The van der Waals surface area contributed by atoms with Crippen LogP contribution in [0.25, 0.3) is 0 Å². The average molecular weight is 400 g/mol. The maximum Gasteiger partial charge on any atom is 0.169 e. The summed E-state index contributed by atoms with van der Waals surface area (Å²) >= 11 is 0. The van der Waals surface area contributed by atoms with E-state index >= 15 is 0 Å². The van der Waals surface area contributed by atoms with Gasteiger partial charge in [-0.15, -0.1) is 0 Å². The van der Waals surface area contributed by atoms with E-state index in [1.165, 1.54) is 11.1 Å². The summed E-state index contributed by atoms with van der Waals surface area (Å²) < 4.78 is 4.34. The normalized spacial score (nSPS) is 9.90. The third kappa shape index (κ3) is 6.44. The molecule has 0 spiro atoms. The molecule has 0 aliphatic rings. The second-order valence-corrected chi connectivity index (χ2v) is 4.62. The van der Waals surface area contributed by atoms with Crippen molar-refractivity contribution in [1.82, 2.24) is 0 Å². The monoisotopic (exact) mass is 398 g/mol. The first-order valence-corrected chi connectivity index (χ1v) is 6.30. The topological polar surface area (TPSA) is 7.76 Å². The summed E-state index contributed by atoms with van der Waals surface area (Å²) in [7, 11) is 0. The molecule has 0 atom stereocenters. The lowest BCUT2D eigenvalue weighted by atomic mass is 10.3. The third-order valence-corrected chi connectivity index (χ3v) is 2.91. The molecule has 2 rings (SSSR count). The van der Waals surface area contributed by atoms with Gasteiger partial charge in [0.15, 0.2) is 37.9 Å². The molecule has 2 aromatic rings. The molecule has 0 aliphatic heterocycles. The molecule has 0 radical (unpaired) electrons. The van der Waals surface area contributed by atoms with E-state index in [-0.39, 0.29) is 34.0 Å². The summed E-state index contributed by atoms with van der Waals surface area (Å²) in [5.41, 5.74) is 2.59. The van der Waals surface area contributed by atoms with Crippen molar-refractivity contribution in [3.05, 3.63) is 72.3 Å². The molecule has 0 N–H and O–H groups in total. The van der Waals surface area contributed by atoms with E-state index in [9.17, 15) is 0 Å². The summed E-state index contributed by atoms with van der Waals surface area (Å²) in [5, 5.41) is 0. The highest BCUT2D eigenvalue weighted by Crippen LogP contribution is 1.91. The number of rotatable bonds is 4. The van der Waals surface area contributed by atoms with Crippen molar-refractivity contribution in [2.45, 2.75) is 26.9 Å². The molecule has 0 amide bonds. The minimum Gasteiger partial charge on any atom is -1.00 e. The second kappa shape index (κ2) is 9.83. The van der Waals surface area contributed by atoms with Crippen molar-refractivity contribution in [3.8, 4) is 0 Å². The van der Waals surface area contributed by atoms with E-state index in [4.69, 9.17) is 0 Å². The van der Waals surface area contributed by atoms with E-state index in [0.717, 1.165) is 13.1 Å². The Labute approximate surface area is 142 Å². The van der Waals surface area contributed by atoms with Gasteiger partial charge in [-0.25, -0.2) is 9.13 Å². The van der Waals surface area contributed by atoms with Crippen LogP contribution >= 0.6 is 0 Å². The number of hydrogen-bond acceptors (Lipinski definition) is 0. The number of nitrogens with zero attached hydrogens (tertiary/aromatic N) is 2. The Bertz CT molecular complexity index is 470. The Balaban J connectivity index is 0.00000180. The molecular formula is C16H20Br2N2. The van der Waals surface area contributed by atoms with Gasteiger partial charge in [0, 0.05) is 24.3 Å². The number of allylic oxidation sites excluding steroid dienone is 2. The Morgan fingerprint density at radius 2 is 1.00 bits per heavy atom. The SMILES string of the molecule is Cc1cc[n+](C/C=C/C[n+]2ccc(C)cc2)cc1.[Br-].[Br-]. The summed E-state index contributed by atoms with van der Waals surface area (Å²) in [5.74, 6) is 0. The molecule has 2 heterocycles. The maximum atomic E-state index is 2.20. The van der Waals surface area contributed by atoms with Crippen LogP contribution in [0.1, 0.15) is 11.1 Å². The first-order valence-electron chi connectivity index (χ1n) is 6.30. The fourth-order valence-electron chi connectivity index (χ4n) is 1.70. The van der Waals surface area contributed by atoms with Crippen LogP contribution in [0.15, 0.2) is 61.2 Å². The van der Waals surface area contributed by atoms with Crippen molar-refractivity contribution in [2.75, 3.05) is 0 Å². The molecule has 0 aliphatic carbocycles. The lowest BCUT2D eigenvalue weighted by Gasteiger charge is -1.93. The van der Waals surface area contributed by atoms with Gasteiger partial charge in [-0.3, -0.25) is 0 Å². The van der Waals surface area contributed by atoms with E-state index < -0.39 is 0 Å². The van der Waals surface area contributed by atoms with Crippen molar-refractivity contribution in [1.29, 1.82) is 0 Å². The van der Waals surface area contributed by atoms with E-state index in [1.54, 1.807) is 0 Å². The molecule has 0 unspecified atom stereocenters. The molecule has 0 fully saturated rings. The zero-order valence-electron chi connectivity index (χ0n) is 11.8. The van der Waals surface area contributed by atoms with Crippen LogP contribution in [0.3, 0.4) is 0 Å². The number of hydrogen-bond donors (Lipinski definition) is 0. The van der Waals surface area contributed by atoms with Crippen LogP contribution < -0.4 is 43.1 Å². The smallest absolute Gasteiger partial charge is 0.169 e. The van der Waals surface area contributed by atoms with Crippen LogP contribution in [-0.4, -0.2) is 0 Å². The summed E-state index contributed by atoms with van der Waals surface area (Å²) in [6.07, 6.45) is 12.8. The van der Waals surface area contributed by atoms with Gasteiger partial charge < -0.3 is 34.0 Å². The Kier molecular flexibility index (Phi) is 9.34. The zero-order chi connectivity index (χ0) is 12.8. The number of aromatic nitrogens is 2. The minimum atomic E-state index is 0. The van der Waals surface area contributed by atoms with E-state index in [0.29, 0.717) is 0 Å². The maximum absolute atomic E-state index is 2.20. The molecule has 2 nitrogen and oxygen atoms in total. The van der Waals surface area contributed by atoms with E-state index in [2.05, 4.69) is 84.2 Å². The quantitative estimate of drug-likeness (QED) is 0.367. The Morgan fingerprint density at radius 3 is 1.30 bits per heavy atom. The number of halogens is 2. The Morgan fingerprint density at radius 1 is 0.700 bits per heavy atom. The van der Waals surface area contributed by atoms with Crippen LogP contribution in [0.4, 0.5) is 0 Å². The molecule has 0 saturated carbocycles. The lowest BCUT2D eigenvalue weighted by Crippen LogP contribution is -3.00. The highest BCUT2D eigenvalue weighted by Gasteiger charge is 1.97. The number of aryl methyl sites for hydroxylation is 2. The van der Waals surface area contributed by atoms with Gasteiger partial charge in [0.05, 0.1) is 0 Å². The predicted molar refractivity (Wildman–Crippen MR) is 71.9 cm³/mol. The highest BCUT2D eigenvalue weighted by molar-refractivity contribution is 5.03. The van der Waals surface area contributed by atoms with Crippen LogP contribution in [0.5, 0.6) is 0 Å². The van der Waals surface area contributed by atoms with Crippen molar-refractivity contribution in [3.63, 3.8) is 0 Å². The first kappa shape index (κ1) is 19.0. The van der Waals surface area contributed by atoms with E-state index in [1.807, 2.05) is 0 Å². The predicted octanol–water partition coefficient (Wildman–Crippen LogP) is -3.86. The Hall–Kier alpha value is -1.000. The second-order valence-electron chi connectivity index (χ2n) is 4.62. The van der Waals surface area contributed by atoms with Gasteiger partial charge in [0.2, 0.25) is 0 Å². The van der Waals surface area contributed by atoms with Gasteiger partial charge in [-0.05, 0) is 37.1 Å². The molecule has 108 valence electrons. The van der Waals surface area contributed by atoms with Crippen molar-refractivity contribution >= 4 is 0 Å². The van der Waals surface area contributed by atoms with Crippen molar-refractivity contribution in [2.24, 2.45) is 0 Å². The van der Waals surface area contributed by atoms with Gasteiger partial charge in [-0.2, -0.15) is 0 Å². The molecule has 0 saturated heterocycles. The number of pyridine rings is 2. The van der Waals surface area contributed by atoms with Gasteiger partial charge in [-0.1, -0.05) is 0 Å². The fourth-order valence-corrected chi connectivity index (χ4v) is 1.70. The van der Waals surface area contributed by atoms with Crippen LogP contribution in [0, 0.1) is 13.8 Å². The molecular weight excluding hydrogens is 380 g/mol. The molecule has 20 heavy (non-hydrogen) atoms. The fraction of sp³-hybridized carbons (Fsp3) is 0.250. The molecule has 2 aromatic heterocycles. The molecule has 0 bridgehead atoms. The zero-order valence-corrected chi connectivity index (χ0v) is 15.0. The third-order valence-electron chi connectivity index (χ3n) is 2.91. The largest absolute Gasteiger partial charge is 1.00 e. The minimum absolute atomic E-state index is 0. The highest BCUT2D eigenvalue weighted by atomic mass is 79.9. The van der Waals surface area contributed by atoms with Gasteiger partial charge in [0.25, 0.3) is 0 Å². The average Bonchev–Trinajstić information content (AvgIpc) is 2.39. The summed E-state index contributed by atoms with van der Waals surface area (Å²) in [6, 6.07) is 8.51. The lowest BCUT2D eigenvalue weighted by molar-refractivity contribution is -0.691. The first-order chi connectivity index (χ1) is 8.74. The van der Waals surface area contributed by atoms with Crippen molar-refractivity contribution < 1.29 is 43.1 Å². The van der Waals surface area contributed by atoms with Crippen LogP contribution in [0.2, 0.25) is 0 Å². The van der Waals surface area contributed by atoms with Gasteiger partial charge in [0.1, 0.15) is 0 Å². The van der Waals surface area contributed by atoms with Gasteiger partial charge >= 0.3 is 0 Å². The summed E-state index contributed by atoms with van der Waals surface area (Å²) in [6.45, 7) is 6.06. The molecule has 4 heteroatoms.